The lowest BCUT2D eigenvalue weighted by Gasteiger charge is -1.97. The average Bonchev–Trinajstić information content (AvgIpc) is 2.64. The Morgan fingerprint density at radius 1 is 1.61 bits per heavy atom. The highest BCUT2D eigenvalue weighted by Gasteiger charge is 2.16. The average molecular weight is 278 g/mol. The van der Waals surface area contributed by atoms with Crippen molar-refractivity contribution in [2.75, 3.05) is 5.75 Å². The second-order valence-electron chi connectivity index (χ2n) is 3.66. The van der Waals surface area contributed by atoms with Crippen LogP contribution in [0.3, 0.4) is 0 Å². The molecule has 92 valence electrons. The van der Waals surface area contributed by atoms with Crippen molar-refractivity contribution in [1.29, 1.82) is 0 Å². The molecule has 0 spiro atoms. The van der Waals surface area contributed by atoms with E-state index in [0.29, 0.717) is 31.6 Å². The van der Waals surface area contributed by atoms with Crippen molar-refractivity contribution >= 4 is 39.1 Å². The number of ketones is 1. The van der Waals surface area contributed by atoms with E-state index in [9.17, 15) is 9.59 Å². The number of hydrogen-bond donors (Lipinski definition) is 1. The van der Waals surface area contributed by atoms with Crippen LogP contribution in [0.4, 0.5) is 0 Å². The number of thiophene rings is 1. The number of carbonyl (C=O) groups is 1. The van der Waals surface area contributed by atoms with Crippen molar-refractivity contribution in [3.8, 4) is 12.3 Å². The summed E-state index contributed by atoms with van der Waals surface area (Å²) in [6.45, 7) is 3.25. The molecule has 18 heavy (non-hydrogen) atoms. The fourth-order valence-electron chi connectivity index (χ4n) is 1.64. The van der Waals surface area contributed by atoms with Crippen LogP contribution >= 0.6 is 23.1 Å². The lowest BCUT2D eigenvalue weighted by molar-refractivity contribution is 0.102. The number of H-pyrrole nitrogens is 1. The zero-order chi connectivity index (χ0) is 13.3. The second-order valence-corrected chi connectivity index (χ2v) is 5.62. The highest BCUT2D eigenvalue weighted by molar-refractivity contribution is 7.99. The number of thioether (sulfide) groups is 1. The summed E-state index contributed by atoms with van der Waals surface area (Å²) in [6, 6.07) is 0. The summed E-state index contributed by atoms with van der Waals surface area (Å²) >= 11 is 2.54. The predicted molar refractivity (Wildman–Crippen MR) is 74.5 cm³/mol. The molecule has 0 aromatic carbocycles. The quantitative estimate of drug-likeness (QED) is 0.405. The minimum atomic E-state index is -0.222. The molecule has 2 heterocycles. The van der Waals surface area contributed by atoms with Crippen LogP contribution in [0.15, 0.2) is 9.95 Å². The van der Waals surface area contributed by atoms with Crippen molar-refractivity contribution < 1.29 is 4.79 Å². The summed E-state index contributed by atoms with van der Waals surface area (Å²) < 4.78 is 0. The van der Waals surface area contributed by atoms with E-state index in [1.165, 1.54) is 30.0 Å². The van der Waals surface area contributed by atoms with Gasteiger partial charge in [0.1, 0.15) is 4.83 Å². The third-order valence-electron chi connectivity index (χ3n) is 2.39. The molecule has 0 aliphatic rings. The molecule has 0 atom stereocenters. The zero-order valence-electron chi connectivity index (χ0n) is 9.86. The van der Waals surface area contributed by atoms with Gasteiger partial charge in [0, 0.05) is 0 Å². The monoisotopic (exact) mass is 278 g/mol. The van der Waals surface area contributed by atoms with Crippen molar-refractivity contribution in [3.63, 3.8) is 0 Å². The van der Waals surface area contributed by atoms with Crippen LogP contribution in [-0.4, -0.2) is 21.5 Å². The molecule has 2 aromatic heterocycles. The number of Topliss-reactive ketones (excluding diaryl/α,β-unsaturated/α-hetero) is 1. The van der Waals surface area contributed by atoms with E-state index in [-0.39, 0.29) is 11.3 Å². The SMILES string of the molecule is C#CCSc1nc2sc(C(C)=O)c(C)c2c(=O)[nH]1. The maximum absolute atomic E-state index is 12.0. The number of aryl methyl sites for hydroxylation is 1. The number of nitrogens with one attached hydrogen (secondary N) is 1. The Bertz CT molecular complexity index is 722. The second kappa shape index (κ2) is 4.96. The first-order valence-corrected chi connectivity index (χ1v) is 6.95. The van der Waals surface area contributed by atoms with E-state index >= 15 is 0 Å². The molecular formula is C12H10N2O2S2. The predicted octanol–water partition coefficient (Wildman–Crippen LogP) is 2.22. The van der Waals surface area contributed by atoms with Gasteiger partial charge < -0.3 is 4.98 Å². The summed E-state index contributed by atoms with van der Waals surface area (Å²) in [4.78, 5) is 31.6. The number of aromatic nitrogens is 2. The number of terminal acetylenes is 1. The first-order valence-electron chi connectivity index (χ1n) is 5.15. The van der Waals surface area contributed by atoms with E-state index in [1.54, 1.807) is 6.92 Å². The number of carbonyl (C=O) groups excluding carboxylic acids is 1. The Balaban J connectivity index is 2.64. The molecule has 2 aromatic rings. The maximum Gasteiger partial charge on any atom is 0.260 e. The normalized spacial score (nSPS) is 10.5. The number of hydrogen-bond acceptors (Lipinski definition) is 5. The van der Waals surface area contributed by atoms with Gasteiger partial charge in [0.2, 0.25) is 0 Å². The van der Waals surface area contributed by atoms with Crippen molar-refractivity contribution in [2.45, 2.75) is 19.0 Å². The van der Waals surface area contributed by atoms with Gasteiger partial charge in [0.15, 0.2) is 10.9 Å². The Morgan fingerprint density at radius 3 is 2.94 bits per heavy atom. The van der Waals surface area contributed by atoms with Crippen LogP contribution in [0.1, 0.15) is 22.2 Å². The smallest absolute Gasteiger partial charge is 0.260 e. The lowest BCUT2D eigenvalue weighted by atomic mass is 10.2. The van der Waals surface area contributed by atoms with Gasteiger partial charge in [-0.25, -0.2) is 4.98 Å². The van der Waals surface area contributed by atoms with Crippen molar-refractivity contribution in [1.82, 2.24) is 9.97 Å². The maximum atomic E-state index is 12.0. The van der Waals surface area contributed by atoms with Gasteiger partial charge >= 0.3 is 0 Å². The molecular weight excluding hydrogens is 268 g/mol. The van der Waals surface area contributed by atoms with Crippen LogP contribution in [0.25, 0.3) is 10.2 Å². The molecule has 6 heteroatoms. The fourth-order valence-corrected chi connectivity index (χ4v) is 3.31. The van der Waals surface area contributed by atoms with Crippen molar-refractivity contribution in [3.05, 3.63) is 20.8 Å². The lowest BCUT2D eigenvalue weighted by Crippen LogP contribution is -2.09. The molecule has 0 saturated heterocycles. The van der Waals surface area contributed by atoms with Crippen LogP contribution < -0.4 is 5.56 Å². The standard InChI is InChI=1S/C12H10N2O2S2/c1-4-5-17-12-13-10(16)8-6(2)9(7(3)15)18-11(8)14-12/h1H,5H2,2-3H3,(H,13,14,16). The highest BCUT2D eigenvalue weighted by atomic mass is 32.2. The van der Waals surface area contributed by atoms with Gasteiger partial charge in [-0.2, -0.15) is 0 Å². The Morgan fingerprint density at radius 2 is 2.33 bits per heavy atom. The van der Waals surface area contributed by atoms with Gasteiger partial charge in [0.25, 0.3) is 5.56 Å². The summed E-state index contributed by atoms with van der Waals surface area (Å²) in [6.07, 6.45) is 5.16. The third-order valence-corrected chi connectivity index (χ3v) is 4.46. The first kappa shape index (κ1) is 12.9. The molecule has 0 fully saturated rings. The van der Waals surface area contributed by atoms with Gasteiger partial charge in [-0.15, -0.1) is 17.8 Å². The Kier molecular flexibility index (Phi) is 3.55. The van der Waals surface area contributed by atoms with Crippen LogP contribution in [0, 0.1) is 19.3 Å². The van der Waals surface area contributed by atoms with E-state index in [2.05, 4.69) is 15.9 Å². The van der Waals surface area contributed by atoms with Gasteiger partial charge in [0.05, 0.1) is 16.0 Å². The molecule has 0 aliphatic carbocycles. The summed E-state index contributed by atoms with van der Waals surface area (Å²) in [5, 5.41) is 0.983. The number of fused-ring (bicyclic) bond motifs is 1. The first-order chi connectivity index (χ1) is 8.54. The molecule has 0 unspecified atom stereocenters. The van der Waals surface area contributed by atoms with Gasteiger partial charge in [-0.05, 0) is 19.4 Å². The van der Waals surface area contributed by atoms with E-state index in [4.69, 9.17) is 6.42 Å². The van der Waals surface area contributed by atoms with Crippen LogP contribution in [-0.2, 0) is 0 Å². The molecule has 4 nitrogen and oxygen atoms in total. The molecule has 0 bridgehead atoms. The molecule has 0 aliphatic heterocycles. The highest BCUT2D eigenvalue weighted by Crippen LogP contribution is 2.28. The largest absolute Gasteiger partial charge is 0.301 e. The van der Waals surface area contributed by atoms with E-state index < -0.39 is 0 Å². The van der Waals surface area contributed by atoms with E-state index in [1.807, 2.05) is 0 Å². The molecule has 0 amide bonds. The minimum absolute atomic E-state index is 0.0484. The summed E-state index contributed by atoms with van der Waals surface area (Å²) in [5.74, 6) is 2.86. The van der Waals surface area contributed by atoms with Gasteiger partial charge in [-0.3, -0.25) is 9.59 Å². The van der Waals surface area contributed by atoms with Crippen LogP contribution in [0.5, 0.6) is 0 Å². The zero-order valence-corrected chi connectivity index (χ0v) is 11.5. The number of nitrogens with zero attached hydrogens (tertiary/aromatic N) is 1. The van der Waals surface area contributed by atoms with Gasteiger partial charge in [-0.1, -0.05) is 17.7 Å². The topological polar surface area (TPSA) is 62.8 Å². The number of aromatic amines is 1. The Labute approximate surface area is 112 Å². The minimum Gasteiger partial charge on any atom is -0.301 e. The number of rotatable bonds is 3. The Hall–Kier alpha value is -1.58. The molecule has 0 radical (unpaired) electrons. The molecule has 2 rings (SSSR count). The molecule has 0 saturated carbocycles. The summed E-state index contributed by atoms with van der Waals surface area (Å²) in [5.41, 5.74) is 0.477. The summed E-state index contributed by atoms with van der Waals surface area (Å²) in [7, 11) is 0. The third kappa shape index (κ3) is 2.19. The van der Waals surface area contributed by atoms with E-state index in [0.717, 1.165) is 0 Å². The fraction of sp³-hybridized carbons (Fsp3) is 0.250. The van der Waals surface area contributed by atoms with Crippen LogP contribution in [0.2, 0.25) is 0 Å². The van der Waals surface area contributed by atoms with Crippen molar-refractivity contribution in [2.24, 2.45) is 0 Å². The molecule has 1 N–H and O–H groups in total.